The van der Waals surface area contributed by atoms with Crippen LogP contribution >= 0.6 is 56.7 Å². The zero-order chi connectivity index (χ0) is 89.7. The van der Waals surface area contributed by atoms with Crippen LogP contribution in [0.5, 0.6) is 0 Å². The Balaban J connectivity index is 0.000000119. The molecule has 8 aromatic carbocycles. The number of benzene rings is 8. The fourth-order valence-corrected chi connectivity index (χ4v) is 20.0. The minimum absolute atomic E-state index is 0. The van der Waals surface area contributed by atoms with Crippen LogP contribution in [0.25, 0.3) is 175 Å². The third kappa shape index (κ3) is 22.2. The Hall–Kier alpha value is -12.5. The van der Waals surface area contributed by atoms with Gasteiger partial charge in [0, 0.05) is 108 Å². The van der Waals surface area contributed by atoms with Crippen LogP contribution in [0.2, 0.25) is 0 Å². The minimum atomic E-state index is -4.41. The Bertz CT molecular complexity index is 7360. The number of pyridine rings is 4. The van der Waals surface area contributed by atoms with Gasteiger partial charge in [-0.15, -0.1) is 160 Å². The van der Waals surface area contributed by atoms with Gasteiger partial charge in [0.05, 0.1) is 15.3 Å². The monoisotopic (exact) mass is 2400 g/mol. The molecule has 0 amide bonds. The standard InChI is InChI=1S/C28H28NO.C24H17N2.C20H16NS.C14H7F3N5.2C10H5N4S2.3Ir/c1-2-7-20(8-3-1)22-13-15-26(29-18-22)24-12-6-11-23-25-17-21(19-9-4-5-10-19)14-16-27(25)30-28(23)24;1-26-23-14-13-18(17-8-3-2-4-9-17)16-21(23)19-10-7-11-20(24(19)26)22-12-5-6-15-25-22;1-13(2)14-10-11-21-18(12-14)17-8-5-7-16-15-6-3-4-9-19(15)22-20(16)17;15-14(16,17)10-6-4-9(5-7-10)12-19-21-13(22-20-12)11-3-1-2-8-18-11;2*1-3-7(15-5-1)9-11-13-10(14-12-9)8-4-2-6-16-8;;;/h6,11,13-20H,1-5,7-10H2;2-10,12-16H,1H3;3-7,9-13H,1-2H3;1-4,6-8H;2*1-3,5-6H;;;/q6*-1;;;. The van der Waals surface area contributed by atoms with Crippen molar-refractivity contribution in [3.63, 3.8) is 0 Å². The van der Waals surface area contributed by atoms with Gasteiger partial charge in [0.2, 0.25) is 17.5 Å². The van der Waals surface area contributed by atoms with Crippen molar-refractivity contribution >= 4 is 121 Å². The third-order valence-corrected chi connectivity index (χ3v) is 27.5. The molecule has 135 heavy (non-hydrogen) atoms. The van der Waals surface area contributed by atoms with E-state index in [0.29, 0.717) is 46.7 Å². The topological polar surface area (TPSA) is 224 Å². The molecular weight excluding hydrogens is 2320 g/mol. The van der Waals surface area contributed by atoms with Gasteiger partial charge in [-0.2, -0.15) is 79.4 Å². The maximum atomic E-state index is 12.5. The third-order valence-electron chi connectivity index (χ3n) is 23.0. The molecule has 14 heterocycles. The Labute approximate surface area is 837 Å². The quantitative estimate of drug-likeness (QED) is 0.0978. The molecule has 0 saturated heterocycles. The van der Waals surface area contributed by atoms with Crippen molar-refractivity contribution < 1.29 is 77.9 Å². The van der Waals surface area contributed by atoms with Gasteiger partial charge in [0.1, 0.15) is 28.8 Å². The minimum Gasteiger partial charge on any atom is -0.501 e. The summed E-state index contributed by atoms with van der Waals surface area (Å²) in [5.41, 5.74) is 16.9. The van der Waals surface area contributed by atoms with Gasteiger partial charge >= 0.3 is 6.18 Å². The molecule has 0 spiro atoms. The number of rotatable bonds is 13. The first-order chi connectivity index (χ1) is 64.8. The number of fused-ring (bicyclic) bond motifs is 9. The van der Waals surface area contributed by atoms with Crippen LogP contribution < -0.4 is 0 Å². The zero-order valence-corrected chi connectivity index (χ0v) is 83.8. The van der Waals surface area contributed by atoms with Crippen molar-refractivity contribution in [3.8, 4) is 111 Å². The van der Waals surface area contributed by atoms with Gasteiger partial charge in [-0.05, 0) is 187 Å². The molecule has 2 aliphatic rings. The van der Waals surface area contributed by atoms with Gasteiger partial charge in [0.15, 0.2) is 0 Å². The van der Waals surface area contributed by atoms with Crippen molar-refractivity contribution in [2.24, 2.45) is 7.05 Å². The second-order valence-electron chi connectivity index (χ2n) is 31.6. The number of hydrogen-bond acceptors (Lipinski definition) is 22. The second-order valence-corrected chi connectivity index (χ2v) is 36.4. The number of furan rings is 1. The normalized spacial score (nSPS) is 12.5. The van der Waals surface area contributed by atoms with E-state index in [-0.39, 0.29) is 77.5 Å². The molecule has 677 valence electrons. The van der Waals surface area contributed by atoms with Crippen molar-refractivity contribution in [3.05, 3.63) is 348 Å². The van der Waals surface area contributed by atoms with Crippen LogP contribution in [0.4, 0.5) is 13.2 Å². The largest absolute Gasteiger partial charge is 0.501 e. The first kappa shape index (κ1) is 95.7. The van der Waals surface area contributed by atoms with E-state index in [0.717, 1.165) is 76.6 Å². The van der Waals surface area contributed by atoms with Crippen molar-refractivity contribution in [1.82, 2.24) is 85.7 Å². The molecule has 14 aromatic heterocycles. The molecule has 0 atom stereocenters. The Morgan fingerprint density at radius 2 is 0.970 bits per heavy atom. The van der Waals surface area contributed by atoms with Crippen LogP contribution in [0, 0.1) is 36.4 Å². The van der Waals surface area contributed by atoms with Crippen molar-refractivity contribution in [1.29, 1.82) is 0 Å². The number of alkyl halides is 3. The van der Waals surface area contributed by atoms with Crippen molar-refractivity contribution in [2.75, 3.05) is 0 Å². The number of hydrogen-bond donors (Lipinski definition) is 0. The summed E-state index contributed by atoms with van der Waals surface area (Å²) in [6.45, 7) is 4.42. The fraction of sp³-hybridized carbons (Fsp3) is 0.151. The van der Waals surface area contributed by atoms with Crippen LogP contribution in [0.3, 0.4) is 0 Å². The molecule has 0 N–H and O–H groups in total. The van der Waals surface area contributed by atoms with Gasteiger partial charge in [0.25, 0.3) is 0 Å². The van der Waals surface area contributed by atoms with Crippen molar-refractivity contribution in [2.45, 2.75) is 95.6 Å². The van der Waals surface area contributed by atoms with Crippen LogP contribution in [-0.4, -0.2) is 85.7 Å². The first-order valence-corrected chi connectivity index (χ1v) is 47.4. The number of aromatic nitrogens is 17. The number of aryl methyl sites for hydroxylation is 1. The van der Waals surface area contributed by atoms with E-state index in [2.05, 4.69) is 278 Å². The summed E-state index contributed by atoms with van der Waals surface area (Å²) in [5, 5.41) is 63.1. The maximum absolute atomic E-state index is 12.5. The summed E-state index contributed by atoms with van der Waals surface area (Å²) < 4.78 is 48.6. The Kier molecular flexibility index (Phi) is 31.8. The second kappa shape index (κ2) is 44.8. The summed E-state index contributed by atoms with van der Waals surface area (Å²) in [7, 11) is 2.12. The van der Waals surface area contributed by atoms with E-state index >= 15 is 0 Å². The summed E-state index contributed by atoms with van der Waals surface area (Å²) in [6, 6.07) is 98.1. The van der Waals surface area contributed by atoms with E-state index < -0.39 is 11.7 Å². The SMILES string of the molecule is CC(C)c1ccnc(-c2[c-]ccc3c2sc2ccccc23)c1.Cn1c2ccc(-c3ccccc3)cc2c2cc[c-]c(-c3ccccn3)c21.FC(F)(F)c1c[c-]c(-c2nnc(-c3ccccn3)nn2)cc1.[Ir].[Ir].[Ir].[c-]1ccc2c(oc3ccc(C4CCCC4)cc32)c1-c1ccc(C2CCCCC2)cn1.[c-]1ccsc1-c1nnc(-c2cccs2)nn1.[c-]1ccsc1-c1nnc(-c2cccs2)nn1. The number of thiophene rings is 5. The zero-order valence-electron chi connectivity index (χ0n) is 72.5. The van der Waals surface area contributed by atoms with Crippen LogP contribution in [0.15, 0.2) is 293 Å². The molecule has 3 radical (unpaired) electrons. The molecular formula is C106H78F3Ir3N17OS5-6. The summed E-state index contributed by atoms with van der Waals surface area (Å²) in [5.74, 6) is 4.40. The summed E-state index contributed by atoms with van der Waals surface area (Å²) in [6.07, 6.45) is 15.0. The molecule has 2 aliphatic carbocycles. The molecule has 2 saturated carbocycles. The molecule has 2 fully saturated rings. The average Bonchev–Trinajstić information content (AvgIpc) is 1.59. The molecule has 0 unspecified atom stereocenters. The fourth-order valence-electron chi connectivity index (χ4n) is 16.3. The van der Waals surface area contributed by atoms with E-state index in [4.69, 9.17) is 9.40 Å². The predicted octanol–water partition coefficient (Wildman–Crippen LogP) is 27.9. The van der Waals surface area contributed by atoms with Crippen LogP contribution in [0.1, 0.15) is 112 Å². The van der Waals surface area contributed by atoms with E-state index in [1.165, 1.54) is 167 Å². The first-order valence-electron chi connectivity index (χ1n) is 43.1. The smallest absolute Gasteiger partial charge is 0.381 e. The molecule has 18 nitrogen and oxygen atoms in total. The van der Waals surface area contributed by atoms with Gasteiger partial charge in [-0.1, -0.05) is 192 Å². The molecule has 22 aromatic rings. The molecule has 0 bridgehead atoms. The molecule has 24 rings (SSSR count). The number of nitrogens with zero attached hydrogens (tertiary/aromatic N) is 17. The van der Waals surface area contributed by atoms with E-state index in [1.807, 2.05) is 118 Å². The molecule has 29 heteroatoms. The van der Waals surface area contributed by atoms with Gasteiger partial charge in [-0.3, -0.25) is 4.98 Å². The van der Waals surface area contributed by atoms with Gasteiger partial charge < -0.3 is 23.9 Å². The Morgan fingerprint density at radius 1 is 0.400 bits per heavy atom. The van der Waals surface area contributed by atoms with Crippen LogP contribution in [-0.2, 0) is 73.5 Å². The maximum Gasteiger partial charge on any atom is 0.381 e. The van der Waals surface area contributed by atoms with E-state index in [1.54, 1.807) is 47.1 Å². The summed E-state index contributed by atoms with van der Waals surface area (Å²) >= 11 is 8.01. The summed E-state index contributed by atoms with van der Waals surface area (Å²) in [4.78, 5) is 21.7. The van der Waals surface area contributed by atoms with E-state index in [9.17, 15) is 13.2 Å². The Morgan fingerprint density at radius 3 is 1.57 bits per heavy atom. The van der Waals surface area contributed by atoms with Gasteiger partial charge in [-0.25, -0.2) is 22.7 Å². The number of halogens is 3. The predicted molar refractivity (Wildman–Crippen MR) is 523 cm³/mol. The molecule has 0 aliphatic heterocycles. The average molecular weight is 2400 g/mol.